The molecule has 0 amide bonds. The first-order valence-corrected chi connectivity index (χ1v) is 4.81. The highest BCUT2D eigenvalue weighted by atomic mass is 79.9. The van der Waals surface area contributed by atoms with Gasteiger partial charge in [0.05, 0.1) is 6.61 Å². The molecule has 1 unspecified atom stereocenters. The number of aryl methyl sites for hydroxylation is 1. The fourth-order valence-corrected chi connectivity index (χ4v) is 2.27. The molecule has 1 aromatic rings. The van der Waals surface area contributed by atoms with E-state index in [-0.39, 0.29) is 6.61 Å². The van der Waals surface area contributed by atoms with E-state index in [9.17, 15) is 5.11 Å². The van der Waals surface area contributed by atoms with Crippen molar-refractivity contribution in [1.82, 2.24) is 0 Å². The van der Waals surface area contributed by atoms with Gasteiger partial charge in [-0.25, -0.2) is 0 Å². The number of halogens is 1. The Morgan fingerprint density at radius 2 is 2.36 bits per heavy atom. The maximum Gasteiger partial charge on any atom is 0.111 e. The third-order valence-electron chi connectivity index (χ3n) is 1.38. The molecule has 0 aliphatic heterocycles. The zero-order valence-corrected chi connectivity index (χ0v) is 8.44. The van der Waals surface area contributed by atoms with Gasteiger partial charge in [-0.3, -0.25) is 0 Å². The van der Waals surface area contributed by atoms with Gasteiger partial charge < -0.3 is 10.2 Å². The van der Waals surface area contributed by atoms with Gasteiger partial charge in [0.15, 0.2) is 0 Å². The van der Waals surface area contributed by atoms with Crippen LogP contribution in [-0.2, 0) is 0 Å². The Morgan fingerprint density at radius 1 is 1.73 bits per heavy atom. The highest BCUT2D eigenvalue weighted by Gasteiger charge is 2.10. The zero-order valence-electron chi connectivity index (χ0n) is 6.04. The van der Waals surface area contributed by atoms with Gasteiger partial charge in [-0.15, -0.1) is 11.3 Å². The summed E-state index contributed by atoms with van der Waals surface area (Å²) in [6.45, 7) is 1.74. The molecule has 0 spiro atoms. The van der Waals surface area contributed by atoms with Crippen molar-refractivity contribution in [1.29, 1.82) is 0 Å². The molecule has 11 heavy (non-hydrogen) atoms. The summed E-state index contributed by atoms with van der Waals surface area (Å²) < 4.78 is 0.991. The van der Waals surface area contributed by atoms with Crippen molar-refractivity contribution in [2.24, 2.45) is 0 Å². The Morgan fingerprint density at radius 3 is 2.73 bits per heavy atom. The minimum atomic E-state index is -0.731. The molecule has 0 aliphatic rings. The van der Waals surface area contributed by atoms with Gasteiger partial charge in [-0.05, 0) is 28.9 Å². The molecule has 62 valence electrons. The highest BCUT2D eigenvalue weighted by molar-refractivity contribution is 9.10. The fraction of sp³-hybridized carbons (Fsp3) is 0.429. The maximum atomic E-state index is 9.21. The quantitative estimate of drug-likeness (QED) is 0.823. The molecular weight excluding hydrogens is 228 g/mol. The SMILES string of the molecule is Cc1sc(C(O)CO)cc1Br. The van der Waals surface area contributed by atoms with Crippen LogP contribution in [0.3, 0.4) is 0 Å². The van der Waals surface area contributed by atoms with Crippen LogP contribution in [0.2, 0.25) is 0 Å². The summed E-state index contributed by atoms with van der Waals surface area (Å²) in [5.74, 6) is 0. The lowest BCUT2D eigenvalue weighted by atomic mass is 10.3. The number of aliphatic hydroxyl groups excluding tert-OH is 2. The van der Waals surface area contributed by atoms with E-state index in [1.54, 1.807) is 0 Å². The lowest BCUT2D eigenvalue weighted by Gasteiger charge is -2.01. The normalized spacial score (nSPS) is 13.5. The molecule has 0 saturated carbocycles. The average molecular weight is 237 g/mol. The molecule has 4 heteroatoms. The van der Waals surface area contributed by atoms with E-state index in [1.165, 1.54) is 11.3 Å². The average Bonchev–Trinajstić information content (AvgIpc) is 2.31. The van der Waals surface area contributed by atoms with E-state index in [4.69, 9.17) is 5.11 Å². The fourth-order valence-electron chi connectivity index (χ4n) is 0.736. The van der Waals surface area contributed by atoms with Gasteiger partial charge in [0, 0.05) is 14.2 Å². The van der Waals surface area contributed by atoms with Crippen LogP contribution in [0, 0.1) is 6.92 Å². The van der Waals surface area contributed by atoms with Crippen molar-refractivity contribution >= 4 is 27.3 Å². The maximum absolute atomic E-state index is 9.21. The Kier molecular flexibility index (Phi) is 3.06. The van der Waals surface area contributed by atoms with E-state index < -0.39 is 6.10 Å². The molecular formula is C7H9BrO2S. The van der Waals surface area contributed by atoms with Crippen LogP contribution >= 0.6 is 27.3 Å². The number of aliphatic hydroxyl groups is 2. The molecule has 0 saturated heterocycles. The minimum Gasteiger partial charge on any atom is -0.393 e. The summed E-state index contributed by atoms with van der Waals surface area (Å²) in [7, 11) is 0. The zero-order chi connectivity index (χ0) is 8.43. The van der Waals surface area contributed by atoms with E-state index in [1.807, 2.05) is 13.0 Å². The molecule has 0 fully saturated rings. The van der Waals surface area contributed by atoms with E-state index >= 15 is 0 Å². The first kappa shape index (κ1) is 9.19. The van der Waals surface area contributed by atoms with Gasteiger partial charge in [0.2, 0.25) is 0 Å². The van der Waals surface area contributed by atoms with Crippen molar-refractivity contribution < 1.29 is 10.2 Å². The molecule has 1 atom stereocenters. The summed E-state index contributed by atoms with van der Waals surface area (Å²) in [5, 5.41) is 17.8. The van der Waals surface area contributed by atoms with Crippen LogP contribution in [0.5, 0.6) is 0 Å². The number of rotatable bonds is 2. The predicted molar refractivity (Wildman–Crippen MR) is 48.8 cm³/mol. The van der Waals surface area contributed by atoms with Crippen LogP contribution in [0.1, 0.15) is 15.9 Å². The van der Waals surface area contributed by atoms with Crippen molar-refractivity contribution in [3.63, 3.8) is 0 Å². The predicted octanol–water partition coefficient (Wildman–Crippen LogP) is 1.84. The van der Waals surface area contributed by atoms with Gasteiger partial charge >= 0.3 is 0 Å². The second-order valence-corrected chi connectivity index (χ2v) is 4.39. The van der Waals surface area contributed by atoms with Crippen molar-refractivity contribution in [3.05, 3.63) is 20.3 Å². The van der Waals surface area contributed by atoms with E-state index in [2.05, 4.69) is 15.9 Å². The Bertz CT molecular complexity index is 227. The molecule has 2 N–H and O–H groups in total. The van der Waals surface area contributed by atoms with Crippen LogP contribution in [0.4, 0.5) is 0 Å². The standard InChI is InChI=1S/C7H9BrO2S/c1-4-5(8)2-7(11-4)6(10)3-9/h2,6,9-10H,3H2,1H3. The van der Waals surface area contributed by atoms with Gasteiger partial charge in [-0.1, -0.05) is 0 Å². The molecule has 1 rings (SSSR count). The second-order valence-electron chi connectivity index (χ2n) is 2.25. The van der Waals surface area contributed by atoms with Crippen LogP contribution in [0.15, 0.2) is 10.5 Å². The molecule has 0 bridgehead atoms. The summed E-state index contributed by atoms with van der Waals surface area (Å²) in [6.07, 6.45) is -0.731. The molecule has 1 heterocycles. The van der Waals surface area contributed by atoms with Gasteiger partial charge in [-0.2, -0.15) is 0 Å². The molecule has 1 aromatic heterocycles. The summed E-state index contributed by atoms with van der Waals surface area (Å²) in [5.41, 5.74) is 0. The Balaban J connectivity index is 2.88. The monoisotopic (exact) mass is 236 g/mol. The smallest absolute Gasteiger partial charge is 0.111 e. The number of thiophene rings is 1. The van der Waals surface area contributed by atoms with Crippen LogP contribution in [-0.4, -0.2) is 16.8 Å². The number of hydrogen-bond donors (Lipinski definition) is 2. The van der Waals surface area contributed by atoms with Gasteiger partial charge in [0.25, 0.3) is 0 Å². The molecule has 0 aromatic carbocycles. The topological polar surface area (TPSA) is 40.5 Å². The molecule has 0 radical (unpaired) electrons. The third kappa shape index (κ3) is 2.02. The summed E-state index contributed by atoms with van der Waals surface area (Å²) >= 11 is 4.82. The Labute approximate surface area is 77.6 Å². The first-order chi connectivity index (χ1) is 5.15. The van der Waals surface area contributed by atoms with Crippen molar-refractivity contribution in [2.45, 2.75) is 13.0 Å². The lowest BCUT2D eigenvalue weighted by molar-refractivity contribution is 0.0983. The number of hydrogen-bond acceptors (Lipinski definition) is 3. The molecule has 2 nitrogen and oxygen atoms in total. The van der Waals surface area contributed by atoms with Crippen molar-refractivity contribution in [3.8, 4) is 0 Å². The second kappa shape index (κ2) is 3.67. The largest absolute Gasteiger partial charge is 0.393 e. The highest BCUT2D eigenvalue weighted by Crippen LogP contribution is 2.30. The summed E-state index contributed by atoms with van der Waals surface area (Å²) in [4.78, 5) is 1.92. The Hall–Kier alpha value is 0.100. The molecule has 0 aliphatic carbocycles. The minimum absolute atomic E-state index is 0.216. The van der Waals surface area contributed by atoms with E-state index in [0.717, 1.165) is 14.2 Å². The first-order valence-electron chi connectivity index (χ1n) is 3.20. The van der Waals surface area contributed by atoms with E-state index in [0.29, 0.717) is 0 Å². The van der Waals surface area contributed by atoms with Crippen LogP contribution < -0.4 is 0 Å². The van der Waals surface area contributed by atoms with Crippen molar-refractivity contribution in [2.75, 3.05) is 6.61 Å². The van der Waals surface area contributed by atoms with Gasteiger partial charge in [0.1, 0.15) is 6.10 Å². The van der Waals surface area contributed by atoms with Crippen LogP contribution in [0.25, 0.3) is 0 Å². The summed E-state index contributed by atoms with van der Waals surface area (Å²) in [6, 6.07) is 1.83. The lowest BCUT2D eigenvalue weighted by Crippen LogP contribution is -1.98. The third-order valence-corrected chi connectivity index (χ3v) is 3.62.